The fourth-order valence-corrected chi connectivity index (χ4v) is 1.70. The Morgan fingerprint density at radius 1 is 1.19 bits per heavy atom. The Morgan fingerprint density at radius 2 is 1.90 bits per heavy atom. The SMILES string of the molecule is CCOc1cc(CC(C)N)ccc1OCOCC(F)(F)F. The lowest BCUT2D eigenvalue weighted by Crippen LogP contribution is -2.19. The predicted octanol–water partition coefficient (Wildman–Crippen LogP) is 2.89. The van der Waals surface area contributed by atoms with Crippen LogP contribution in [0.4, 0.5) is 13.2 Å². The maximum atomic E-state index is 11.9. The molecule has 0 aliphatic rings. The van der Waals surface area contributed by atoms with E-state index in [-0.39, 0.29) is 6.04 Å². The predicted molar refractivity (Wildman–Crippen MR) is 72.5 cm³/mol. The highest BCUT2D eigenvalue weighted by atomic mass is 19.4. The van der Waals surface area contributed by atoms with Gasteiger partial charge >= 0.3 is 6.18 Å². The normalized spacial score (nSPS) is 13.0. The summed E-state index contributed by atoms with van der Waals surface area (Å²) in [7, 11) is 0. The zero-order chi connectivity index (χ0) is 15.9. The minimum atomic E-state index is -4.37. The maximum Gasteiger partial charge on any atom is 0.411 e. The van der Waals surface area contributed by atoms with Gasteiger partial charge in [-0.3, -0.25) is 0 Å². The van der Waals surface area contributed by atoms with E-state index in [2.05, 4.69) is 4.74 Å². The van der Waals surface area contributed by atoms with E-state index < -0.39 is 19.6 Å². The van der Waals surface area contributed by atoms with Gasteiger partial charge in [-0.2, -0.15) is 13.2 Å². The van der Waals surface area contributed by atoms with Crippen molar-refractivity contribution in [3.8, 4) is 11.5 Å². The second-order valence-corrected chi connectivity index (χ2v) is 4.62. The molecule has 0 saturated carbocycles. The molecule has 4 nitrogen and oxygen atoms in total. The van der Waals surface area contributed by atoms with Crippen LogP contribution in [0.5, 0.6) is 11.5 Å². The van der Waals surface area contributed by atoms with Crippen molar-refractivity contribution in [2.45, 2.75) is 32.5 Å². The topological polar surface area (TPSA) is 53.7 Å². The third kappa shape index (κ3) is 7.19. The molecule has 0 bridgehead atoms. The molecule has 0 spiro atoms. The van der Waals surface area contributed by atoms with Crippen LogP contribution in [0.25, 0.3) is 0 Å². The summed E-state index contributed by atoms with van der Waals surface area (Å²) in [4.78, 5) is 0. The van der Waals surface area contributed by atoms with Gasteiger partial charge in [0.15, 0.2) is 18.3 Å². The van der Waals surface area contributed by atoms with Gasteiger partial charge < -0.3 is 19.9 Å². The van der Waals surface area contributed by atoms with Gasteiger partial charge in [0.1, 0.15) is 6.61 Å². The minimum absolute atomic E-state index is 0.00126. The van der Waals surface area contributed by atoms with E-state index in [0.717, 1.165) is 5.56 Å². The third-order valence-corrected chi connectivity index (χ3v) is 2.43. The summed E-state index contributed by atoms with van der Waals surface area (Å²) in [6, 6.07) is 5.21. The van der Waals surface area contributed by atoms with Crippen molar-refractivity contribution in [3.63, 3.8) is 0 Å². The van der Waals surface area contributed by atoms with E-state index in [1.54, 1.807) is 18.2 Å². The summed E-state index contributed by atoms with van der Waals surface area (Å²) in [5, 5.41) is 0. The summed E-state index contributed by atoms with van der Waals surface area (Å²) >= 11 is 0. The van der Waals surface area contributed by atoms with E-state index >= 15 is 0 Å². The summed E-state index contributed by atoms with van der Waals surface area (Å²) in [5.74, 6) is 0.804. The number of ether oxygens (including phenoxy) is 3. The number of rotatable bonds is 8. The van der Waals surface area contributed by atoms with E-state index in [9.17, 15) is 13.2 Å². The highest BCUT2D eigenvalue weighted by Gasteiger charge is 2.27. The van der Waals surface area contributed by atoms with Crippen LogP contribution in [0.3, 0.4) is 0 Å². The number of hydrogen-bond donors (Lipinski definition) is 1. The van der Waals surface area contributed by atoms with Crippen molar-refractivity contribution < 1.29 is 27.4 Å². The summed E-state index contributed by atoms with van der Waals surface area (Å²) < 4.78 is 50.8. The molecule has 0 aliphatic heterocycles. The monoisotopic (exact) mass is 307 g/mol. The molecule has 120 valence electrons. The zero-order valence-electron chi connectivity index (χ0n) is 12.1. The Kier molecular flexibility index (Phi) is 6.77. The molecule has 1 rings (SSSR count). The Bertz CT molecular complexity index is 436. The number of nitrogens with two attached hydrogens (primary N) is 1. The first-order valence-corrected chi connectivity index (χ1v) is 6.60. The van der Waals surface area contributed by atoms with Gasteiger partial charge in [-0.05, 0) is 38.0 Å². The van der Waals surface area contributed by atoms with Crippen LogP contribution in [-0.2, 0) is 11.2 Å². The Balaban J connectivity index is 2.63. The molecular weight excluding hydrogens is 287 g/mol. The Morgan fingerprint density at radius 3 is 2.48 bits per heavy atom. The Hall–Kier alpha value is -1.47. The number of halogens is 3. The second-order valence-electron chi connectivity index (χ2n) is 4.62. The zero-order valence-corrected chi connectivity index (χ0v) is 12.1. The first-order chi connectivity index (χ1) is 9.81. The summed E-state index contributed by atoms with van der Waals surface area (Å²) in [5.41, 5.74) is 6.70. The van der Waals surface area contributed by atoms with Crippen molar-refractivity contribution in [1.82, 2.24) is 0 Å². The van der Waals surface area contributed by atoms with Crippen LogP contribution in [0.1, 0.15) is 19.4 Å². The third-order valence-electron chi connectivity index (χ3n) is 2.43. The molecule has 1 aromatic carbocycles. The first kappa shape index (κ1) is 17.6. The molecule has 0 amide bonds. The fourth-order valence-electron chi connectivity index (χ4n) is 1.70. The molecule has 2 N–H and O–H groups in total. The quantitative estimate of drug-likeness (QED) is 0.593. The molecule has 0 fully saturated rings. The largest absolute Gasteiger partial charge is 0.490 e. The van der Waals surface area contributed by atoms with Gasteiger partial charge in [-0.1, -0.05) is 6.07 Å². The van der Waals surface area contributed by atoms with Crippen molar-refractivity contribution in [1.29, 1.82) is 0 Å². The molecule has 0 aromatic heterocycles. The molecule has 0 saturated heterocycles. The minimum Gasteiger partial charge on any atom is -0.490 e. The maximum absolute atomic E-state index is 11.9. The molecule has 1 aromatic rings. The van der Waals surface area contributed by atoms with Crippen molar-refractivity contribution in [3.05, 3.63) is 23.8 Å². The Labute approximate surface area is 122 Å². The van der Waals surface area contributed by atoms with Crippen LogP contribution >= 0.6 is 0 Å². The molecule has 1 unspecified atom stereocenters. The first-order valence-electron chi connectivity index (χ1n) is 6.60. The van der Waals surface area contributed by atoms with Gasteiger partial charge in [0.05, 0.1) is 6.61 Å². The van der Waals surface area contributed by atoms with E-state index in [4.69, 9.17) is 15.2 Å². The van der Waals surface area contributed by atoms with Crippen molar-refractivity contribution >= 4 is 0 Å². The van der Waals surface area contributed by atoms with E-state index in [1.807, 2.05) is 13.8 Å². The van der Waals surface area contributed by atoms with Crippen LogP contribution < -0.4 is 15.2 Å². The van der Waals surface area contributed by atoms with Crippen molar-refractivity contribution in [2.75, 3.05) is 20.0 Å². The standard InChI is InChI=1S/C14H20F3NO3/c1-3-20-13-7-11(6-10(2)18)4-5-12(13)21-9-19-8-14(15,16)17/h4-5,7,10H,3,6,8-9,18H2,1-2H3. The van der Waals surface area contributed by atoms with Gasteiger partial charge in [-0.15, -0.1) is 0 Å². The van der Waals surface area contributed by atoms with Crippen LogP contribution in [-0.4, -0.2) is 32.2 Å². The lowest BCUT2D eigenvalue weighted by atomic mass is 10.1. The highest BCUT2D eigenvalue weighted by Crippen LogP contribution is 2.29. The number of alkyl halides is 3. The highest BCUT2D eigenvalue weighted by molar-refractivity contribution is 5.43. The lowest BCUT2D eigenvalue weighted by molar-refractivity contribution is -0.186. The van der Waals surface area contributed by atoms with Gasteiger partial charge in [0.2, 0.25) is 0 Å². The average Bonchev–Trinajstić information content (AvgIpc) is 2.35. The molecule has 1 atom stereocenters. The summed E-state index contributed by atoms with van der Waals surface area (Å²) in [6.45, 7) is 2.27. The van der Waals surface area contributed by atoms with Gasteiger partial charge in [0, 0.05) is 6.04 Å². The molecule has 7 heteroatoms. The molecular formula is C14H20F3NO3. The molecule has 0 radical (unpaired) electrons. The molecule has 0 heterocycles. The van der Waals surface area contributed by atoms with E-state index in [0.29, 0.717) is 24.5 Å². The smallest absolute Gasteiger partial charge is 0.411 e. The van der Waals surface area contributed by atoms with E-state index in [1.165, 1.54) is 0 Å². The van der Waals surface area contributed by atoms with Crippen LogP contribution in [0.15, 0.2) is 18.2 Å². The van der Waals surface area contributed by atoms with Crippen molar-refractivity contribution in [2.24, 2.45) is 5.73 Å². The molecule has 0 aliphatic carbocycles. The number of benzene rings is 1. The van der Waals surface area contributed by atoms with Crippen LogP contribution in [0.2, 0.25) is 0 Å². The van der Waals surface area contributed by atoms with Gasteiger partial charge in [0.25, 0.3) is 0 Å². The summed E-state index contributed by atoms with van der Waals surface area (Å²) in [6.07, 6.45) is -3.70. The van der Waals surface area contributed by atoms with Gasteiger partial charge in [-0.25, -0.2) is 0 Å². The average molecular weight is 307 g/mol. The number of hydrogen-bond acceptors (Lipinski definition) is 4. The lowest BCUT2D eigenvalue weighted by Gasteiger charge is -2.14. The van der Waals surface area contributed by atoms with Crippen LogP contribution in [0, 0.1) is 0 Å². The fraction of sp³-hybridized carbons (Fsp3) is 0.571. The second kappa shape index (κ2) is 8.09. The molecule has 21 heavy (non-hydrogen) atoms.